The first-order valence-electron chi connectivity index (χ1n) is 5.85. The van der Waals surface area contributed by atoms with E-state index in [1.807, 2.05) is 6.92 Å². The molecule has 0 saturated carbocycles. The molecule has 0 saturated heterocycles. The van der Waals surface area contributed by atoms with Gasteiger partial charge in [0, 0.05) is 18.3 Å². The first kappa shape index (κ1) is 17.1. The smallest absolute Gasteiger partial charge is 0.331 e. The van der Waals surface area contributed by atoms with Crippen LogP contribution in [0.2, 0.25) is 0 Å². The van der Waals surface area contributed by atoms with Crippen molar-refractivity contribution in [2.75, 3.05) is 13.7 Å². The van der Waals surface area contributed by atoms with Crippen LogP contribution in [0.5, 0.6) is 0 Å². The Bertz CT molecular complexity index is 390. The van der Waals surface area contributed by atoms with Crippen molar-refractivity contribution < 1.29 is 24.2 Å². The third-order valence-corrected chi connectivity index (χ3v) is 2.65. The molecule has 108 valence electrons. The molecular weight excluding hydrogens is 252 g/mol. The van der Waals surface area contributed by atoms with Crippen molar-refractivity contribution in [1.29, 1.82) is 0 Å². The van der Waals surface area contributed by atoms with Crippen LogP contribution >= 0.6 is 0 Å². The lowest BCUT2D eigenvalue weighted by atomic mass is 10.1. The summed E-state index contributed by atoms with van der Waals surface area (Å²) < 4.78 is 4.90. The highest BCUT2D eigenvalue weighted by Crippen LogP contribution is 2.03. The van der Waals surface area contributed by atoms with E-state index in [-0.39, 0.29) is 17.2 Å². The van der Waals surface area contributed by atoms with Gasteiger partial charge in [-0.25, -0.2) is 9.59 Å². The zero-order chi connectivity index (χ0) is 15.0. The first-order valence-corrected chi connectivity index (χ1v) is 5.85. The summed E-state index contributed by atoms with van der Waals surface area (Å²) in [5.41, 5.74) is -0.114. The molecule has 0 aliphatic rings. The van der Waals surface area contributed by atoms with E-state index >= 15 is 0 Å². The fraction of sp³-hybridized carbons (Fsp3) is 0.583. The van der Waals surface area contributed by atoms with Gasteiger partial charge in [-0.2, -0.15) is 0 Å². The number of carbonyl (C=O) groups excluding carboxylic acids is 2. The topological polar surface area (TPSA) is 105 Å². The normalized spacial score (nSPS) is 13.3. The monoisotopic (exact) mass is 272 g/mol. The van der Waals surface area contributed by atoms with Gasteiger partial charge in [0.2, 0.25) is 0 Å². The van der Waals surface area contributed by atoms with Crippen LogP contribution in [-0.4, -0.2) is 42.8 Å². The fourth-order valence-electron chi connectivity index (χ4n) is 1.21. The number of ether oxygens (including phenoxy) is 1. The minimum atomic E-state index is -1.20. The van der Waals surface area contributed by atoms with E-state index in [1.54, 1.807) is 0 Å². The molecule has 0 spiro atoms. The summed E-state index contributed by atoms with van der Waals surface area (Å²) in [7, 11) is 1.51. The van der Waals surface area contributed by atoms with Gasteiger partial charge in [-0.3, -0.25) is 10.1 Å². The summed E-state index contributed by atoms with van der Waals surface area (Å²) in [4.78, 5) is 33.8. The summed E-state index contributed by atoms with van der Waals surface area (Å²) >= 11 is 0. The number of carbonyl (C=O) groups is 3. The quantitative estimate of drug-likeness (QED) is 0.616. The van der Waals surface area contributed by atoms with E-state index in [9.17, 15) is 14.4 Å². The van der Waals surface area contributed by atoms with E-state index in [2.05, 4.69) is 10.6 Å². The summed E-state index contributed by atoms with van der Waals surface area (Å²) in [5, 5.41) is 13.4. The minimum absolute atomic E-state index is 0.0116. The molecule has 0 rings (SSSR count). The Balaban J connectivity index is 4.53. The number of amides is 3. The van der Waals surface area contributed by atoms with E-state index in [1.165, 1.54) is 21.0 Å². The van der Waals surface area contributed by atoms with Gasteiger partial charge in [-0.1, -0.05) is 6.92 Å². The van der Waals surface area contributed by atoms with Gasteiger partial charge in [0.05, 0.1) is 12.6 Å². The van der Waals surface area contributed by atoms with Gasteiger partial charge < -0.3 is 15.2 Å². The van der Waals surface area contributed by atoms with Crippen molar-refractivity contribution in [2.24, 2.45) is 0 Å². The maximum atomic E-state index is 11.6. The standard InChI is InChI=1S/C12H20N2O5/c1-5-9(6-19-4)13-12(18)14-10(15)7(2)8(3)11(16)17/h9H,5-6H2,1-4H3,(H,16,17)(H2,13,14,15,18). The van der Waals surface area contributed by atoms with Gasteiger partial charge in [0.25, 0.3) is 5.91 Å². The SMILES string of the molecule is CCC(COC)NC(=O)NC(=O)C(C)=C(C)C(=O)O. The minimum Gasteiger partial charge on any atom is -0.478 e. The number of rotatable bonds is 6. The number of methoxy groups -OCH3 is 1. The molecule has 19 heavy (non-hydrogen) atoms. The number of carboxylic acids is 1. The average Bonchev–Trinajstić information content (AvgIpc) is 2.35. The average molecular weight is 272 g/mol. The fourth-order valence-corrected chi connectivity index (χ4v) is 1.21. The molecule has 0 aliphatic heterocycles. The molecule has 3 N–H and O–H groups in total. The molecule has 0 bridgehead atoms. The van der Waals surface area contributed by atoms with E-state index in [0.29, 0.717) is 13.0 Å². The maximum absolute atomic E-state index is 11.6. The van der Waals surface area contributed by atoms with Crippen LogP contribution in [0.1, 0.15) is 27.2 Å². The van der Waals surface area contributed by atoms with Crippen LogP contribution in [0.25, 0.3) is 0 Å². The second-order valence-corrected chi connectivity index (χ2v) is 4.04. The van der Waals surface area contributed by atoms with Gasteiger partial charge >= 0.3 is 12.0 Å². The van der Waals surface area contributed by atoms with Crippen LogP contribution in [0, 0.1) is 0 Å². The van der Waals surface area contributed by atoms with E-state index < -0.39 is 17.9 Å². The lowest BCUT2D eigenvalue weighted by molar-refractivity contribution is -0.133. The zero-order valence-corrected chi connectivity index (χ0v) is 11.6. The Kier molecular flexibility index (Phi) is 7.43. The predicted molar refractivity (Wildman–Crippen MR) is 68.6 cm³/mol. The number of urea groups is 1. The van der Waals surface area contributed by atoms with Gasteiger partial charge in [-0.15, -0.1) is 0 Å². The molecule has 0 aromatic carbocycles. The molecule has 0 fully saturated rings. The number of aliphatic carboxylic acids is 1. The van der Waals surface area contributed by atoms with Crippen molar-refractivity contribution in [1.82, 2.24) is 10.6 Å². The highest BCUT2D eigenvalue weighted by atomic mass is 16.5. The third-order valence-electron chi connectivity index (χ3n) is 2.65. The summed E-state index contributed by atoms with van der Waals surface area (Å²) in [6, 6.07) is -0.880. The third kappa shape index (κ3) is 6.01. The largest absolute Gasteiger partial charge is 0.478 e. The Morgan fingerprint density at radius 3 is 2.21 bits per heavy atom. The number of hydrogen-bond donors (Lipinski definition) is 3. The zero-order valence-electron chi connectivity index (χ0n) is 11.6. The maximum Gasteiger partial charge on any atom is 0.331 e. The highest BCUT2D eigenvalue weighted by molar-refractivity contribution is 6.07. The van der Waals surface area contributed by atoms with E-state index in [4.69, 9.17) is 9.84 Å². The van der Waals surface area contributed by atoms with Crippen LogP contribution in [0.15, 0.2) is 11.1 Å². The molecule has 0 aromatic rings. The summed E-state index contributed by atoms with van der Waals surface area (Å²) in [5.74, 6) is -1.93. The lowest BCUT2D eigenvalue weighted by Gasteiger charge is -2.16. The van der Waals surface area contributed by atoms with Gasteiger partial charge in [-0.05, 0) is 20.3 Å². The lowest BCUT2D eigenvalue weighted by Crippen LogP contribution is -2.46. The van der Waals surface area contributed by atoms with Crippen molar-refractivity contribution in [3.63, 3.8) is 0 Å². The van der Waals surface area contributed by atoms with Gasteiger partial charge in [0.15, 0.2) is 0 Å². The number of imide groups is 1. The molecule has 7 heteroatoms. The van der Waals surface area contributed by atoms with E-state index in [0.717, 1.165) is 0 Å². The Morgan fingerprint density at radius 2 is 1.79 bits per heavy atom. The molecular formula is C12H20N2O5. The molecule has 0 aliphatic carbocycles. The Hall–Kier alpha value is -1.89. The number of carboxylic acid groups (broad SMARTS) is 1. The Labute approximate surface area is 112 Å². The molecule has 0 heterocycles. The first-order chi connectivity index (χ1) is 8.83. The highest BCUT2D eigenvalue weighted by Gasteiger charge is 2.16. The van der Waals surface area contributed by atoms with Crippen molar-refractivity contribution in [3.8, 4) is 0 Å². The number of nitrogens with one attached hydrogen (secondary N) is 2. The van der Waals surface area contributed by atoms with Crippen molar-refractivity contribution in [3.05, 3.63) is 11.1 Å². The second kappa shape index (κ2) is 8.25. The van der Waals surface area contributed by atoms with Crippen LogP contribution < -0.4 is 10.6 Å². The molecule has 1 atom stereocenters. The van der Waals surface area contributed by atoms with Crippen molar-refractivity contribution >= 4 is 17.9 Å². The predicted octanol–water partition coefficient (Wildman–Crippen LogP) is 0.658. The van der Waals surface area contributed by atoms with Gasteiger partial charge in [0.1, 0.15) is 0 Å². The summed E-state index contributed by atoms with van der Waals surface area (Å²) in [6.07, 6.45) is 0.651. The summed E-state index contributed by atoms with van der Waals surface area (Å²) in [6.45, 7) is 4.85. The van der Waals surface area contributed by atoms with Crippen LogP contribution in [0.3, 0.4) is 0 Å². The number of hydrogen-bond acceptors (Lipinski definition) is 4. The van der Waals surface area contributed by atoms with Crippen molar-refractivity contribution in [2.45, 2.75) is 33.2 Å². The Morgan fingerprint density at radius 1 is 1.21 bits per heavy atom. The molecule has 7 nitrogen and oxygen atoms in total. The molecule has 3 amide bonds. The second-order valence-electron chi connectivity index (χ2n) is 4.04. The molecule has 0 radical (unpaired) electrons. The van der Waals surface area contributed by atoms with Crippen LogP contribution in [-0.2, 0) is 14.3 Å². The molecule has 0 aromatic heterocycles. The van der Waals surface area contributed by atoms with Crippen LogP contribution in [0.4, 0.5) is 4.79 Å². The molecule has 1 unspecified atom stereocenters.